The van der Waals surface area contributed by atoms with Crippen LogP contribution in [0.3, 0.4) is 0 Å². The lowest BCUT2D eigenvalue weighted by Crippen LogP contribution is -2.45. The van der Waals surface area contributed by atoms with Gasteiger partial charge in [0.2, 0.25) is 0 Å². The van der Waals surface area contributed by atoms with Crippen molar-refractivity contribution in [3.05, 3.63) is 47.2 Å². The molecule has 2 rings (SSSR count). The van der Waals surface area contributed by atoms with E-state index in [0.29, 0.717) is 17.5 Å². The number of hydrogen-bond acceptors (Lipinski definition) is 10. The number of benzene rings is 1. The molecule has 7 N–H and O–H groups in total. The Bertz CT molecular complexity index is 1130. The maximum atomic E-state index is 12.6. The third-order valence-electron chi connectivity index (χ3n) is 8.09. The number of fused-ring (bicyclic) bond motifs is 1. The second-order valence-electron chi connectivity index (χ2n) is 11.6. The van der Waals surface area contributed by atoms with Crippen molar-refractivity contribution >= 4 is 11.9 Å². The molecule has 1 aliphatic rings. The zero-order valence-corrected chi connectivity index (χ0v) is 24.6. The number of rotatable bonds is 14. The molecule has 7 atom stereocenters. The van der Waals surface area contributed by atoms with Crippen LogP contribution < -0.4 is 5.32 Å². The number of nitrogens with one attached hydrogen (secondary N) is 1. The first kappa shape index (κ1) is 34.2. The van der Waals surface area contributed by atoms with Gasteiger partial charge in [0.15, 0.2) is 6.10 Å². The number of esters is 1. The molecule has 0 saturated carbocycles. The Morgan fingerprint density at radius 3 is 2.44 bits per heavy atom. The Morgan fingerprint density at radius 1 is 1.22 bits per heavy atom. The van der Waals surface area contributed by atoms with Crippen LogP contribution in [-0.2, 0) is 20.7 Å². The number of amides is 1. The summed E-state index contributed by atoms with van der Waals surface area (Å²) in [6.07, 6.45) is -3.01. The fourth-order valence-corrected chi connectivity index (χ4v) is 4.80. The summed E-state index contributed by atoms with van der Waals surface area (Å²) in [6, 6.07) is 1.09. The van der Waals surface area contributed by atoms with Crippen molar-refractivity contribution in [2.45, 2.75) is 96.9 Å². The van der Waals surface area contributed by atoms with Gasteiger partial charge >= 0.3 is 5.97 Å². The zero-order chi connectivity index (χ0) is 31.2. The van der Waals surface area contributed by atoms with Crippen LogP contribution in [-0.4, -0.2) is 86.2 Å². The molecule has 41 heavy (non-hydrogen) atoms. The summed E-state index contributed by atoms with van der Waals surface area (Å²) in [6.45, 7) is 12.1. The number of carbonyl (C=O) groups excluding carboxylic acids is 2. The van der Waals surface area contributed by atoms with Gasteiger partial charge in [0.25, 0.3) is 5.91 Å². The van der Waals surface area contributed by atoms with Crippen molar-refractivity contribution in [1.82, 2.24) is 5.32 Å². The van der Waals surface area contributed by atoms with Gasteiger partial charge in [0.1, 0.15) is 23.2 Å². The van der Waals surface area contributed by atoms with Gasteiger partial charge in [-0.05, 0) is 44.0 Å². The molecule has 0 fully saturated rings. The number of hydrogen-bond donors (Lipinski definition) is 7. The third-order valence-corrected chi connectivity index (χ3v) is 8.09. The van der Waals surface area contributed by atoms with E-state index >= 15 is 0 Å². The van der Waals surface area contributed by atoms with Gasteiger partial charge in [-0.2, -0.15) is 0 Å². The molecule has 1 aliphatic heterocycles. The third kappa shape index (κ3) is 8.30. The van der Waals surface area contributed by atoms with Crippen LogP contribution in [0, 0.1) is 18.3 Å². The fraction of sp³-hybridized carbons (Fsp3) is 0.600. The molecular weight excluding hydrogens is 534 g/mol. The van der Waals surface area contributed by atoms with Crippen molar-refractivity contribution in [1.29, 1.82) is 0 Å². The maximum Gasteiger partial charge on any atom is 0.342 e. The molecule has 0 saturated heterocycles. The molecule has 1 aromatic carbocycles. The Labute approximate surface area is 241 Å². The molecule has 1 aromatic rings. The molecule has 0 bridgehead atoms. The molecular formula is C30H45NO10. The van der Waals surface area contributed by atoms with Crippen molar-refractivity contribution in [3.63, 3.8) is 0 Å². The molecule has 1 amide bonds. The van der Waals surface area contributed by atoms with Crippen molar-refractivity contribution in [3.8, 4) is 11.5 Å². The zero-order valence-electron chi connectivity index (χ0n) is 24.6. The second-order valence-corrected chi connectivity index (χ2v) is 11.6. The first-order valence-electron chi connectivity index (χ1n) is 13.6. The number of aliphatic hydroxyl groups is 4. The Hall–Kier alpha value is -2.96. The van der Waals surface area contributed by atoms with Gasteiger partial charge in [-0.15, -0.1) is 6.58 Å². The highest BCUT2D eigenvalue weighted by atomic mass is 16.5. The highest BCUT2D eigenvalue weighted by Gasteiger charge is 2.40. The minimum Gasteiger partial charge on any atom is -0.508 e. The Kier molecular flexibility index (Phi) is 11.9. The standard InChI is InChI=1S/C30H45NO10/c1-15(2)11-23(40-7)27(37)28(38)31-10-8-9-24(35)30(5,6)25(36)14-20(33)17(4)22-12-18-16(3)19(32)13-21(34)26(18)29(39)41-22/h8,10,13,17,20,22-25,27,32-37H,1,9,11-12,14H2,2-7H3,(H,31,38)/b10-8+/t17-,20+,22-,23+,24-,25-,27+/m1/s1. The highest BCUT2D eigenvalue weighted by Crippen LogP contribution is 2.38. The van der Waals surface area contributed by atoms with Gasteiger partial charge in [0.05, 0.1) is 24.4 Å². The predicted molar refractivity (Wildman–Crippen MR) is 151 cm³/mol. The van der Waals surface area contributed by atoms with Crippen LogP contribution in [0.1, 0.15) is 68.4 Å². The van der Waals surface area contributed by atoms with Gasteiger partial charge in [-0.3, -0.25) is 4.79 Å². The topological polar surface area (TPSA) is 186 Å². The first-order chi connectivity index (χ1) is 19.0. The normalized spacial score (nSPS) is 20.0. The number of methoxy groups -OCH3 is 1. The molecule has 230 valence electrons. The lowest BCUT2D eigenvalue weighted by molar-refractivity contribution is -0.135. The second kappa shape index (κ2) is 14.3. The number of cyclic esters (lactones) is 1. The van der Waals surface area contributed by atoms with E-state index in [1.807, 2.05) is 0 Å². The average molecular weight is 580 g/mol. The van der Waals surface area contributed by atoms with Crippen molar-refractivity contribution < 1.29 is 49.7 Å². The number of ether oxygens (including phenoxy) is 2. The summed E-state index contributed by atoms with van der Waals surface area (Å²) in [5.41, 5.74) is 0.560. The molecule has 0 aromatic heterocycles. The summed E-state index contributed by atoms with van der Waals surface area (Å²) in [7, 11) is 1.39. The Morgan fingerprint density at radius 2 is 1.85 bits per heavy atom. The van der Waals surface area contributed by atoms with E-state index in [1.165, 1.54) is 19.4 Å². The van der Waals surface area contributed by atoms with E-state index in [0.717, 1.165) is 11.6 Å². The van der Waals surface area contributed by atoms with Crippen LogP contribution in [0.4, 0.5) is 0 Å². The number of aliphatic hydroxyl groups excluding tert-OH is 4. The molecule has 1 heterocycles. The number of phenols is 2. The van der Waals surface area contributed by atoms with Gasteiger partial charge < -0.3 is 45.4 Å². The maximum absolute atomic E-state index is 12.6. The lowest BCUT2D eigenvalue weighted by atomic mass is 9.75. The number of aromatic hydroxyl groups is 2. The molecule has 0 radical (unpaired) electrons. The van der Waals surface area contributed by atoms with E-state index in [4.69, 9.17) is 9.47 Å². The fourth-order valence-electron chi connectivity index (χ4n) is 4.80. The van der Waals surface area contributed by atoms with E-state index in [1.54, 1.807) is 34.6 Å². The summed E-state index contributed by atoms with van der Waals surface area (Å²) >= 11 is 0. The summed E-state index contributed by atoms with van der Waals surface area (Å²) in [4.78, 5) is 24.8. The lowest BCUT2D eigenvalue weighted by Gasteiger charge is -2.38. The molecule has 11 heteroatoms. The van der Waals surface area contributed by atoms with Crippen LogP contribution in [0.25, 0.3) is 0 Å². The van der Waals surface area contributed by atoms with E-state index in [2.05, 4.69) is 11.9 Å². The smallest absolute Gasteiger partial charge is 0.342 e. The summed E-state index contributed by atoms with van der Waals surface area (Å²) in [5, 5.41) is 65.4. The van der Waals surface area contributed by atoms with E-state index < -0.39 is 59.8 Å². The van der Waals surface area contributed by atoms with E-state index in [-0.39, 0.29) is 36.3 Å². The minimum atomic E-state index is -1.41. The predicted octanol–water partition coefficient (Wildman–Crippen LogP) is 1.98. The van der Waals surface area contributed by atoms with Gasteiger partial charge in [-0.25, -0.2) is 4.79 Å². The monoisotopic (exact) mass is 579 g/mol. The van der Waals surface area contributed by atoms with E-state index in [9.17, 15) is 40.2 Å². The largest absolute Gasteiger partial charge is 0.508 e. The molecule has 0 spiro atoms. The van der Waals surface area contributed by atoms with Gasteiger partial charge in [0, 0.05) is 37.4 Å². The quantitative estimate of drug-likeness (QED) is 0.127. The van der Waals surface area contributed by atoms with Crippen LogP contribution in [0.2, 0.25) is 0 Å². The van der Waals surface area contributed by atoms with Crippen molar-refractivity contribution in [2.24, 2.45) is 11.3 Å². The van der Waals surface area contributed by atoms with Crippen molar-refractivity contribution in [2.75, 3.05) is 7.11 Å². The van der Waals surface area contributed by atoms with Gasteiger partial charge in [-0.1, -0.05) is 32.4 Å². The molecule has 0 aliphatic carbocycles. The van der Waals surface area contributed by atoms with Crippen LogP contribution >= 0.6 is 0 Å². The highest BCUT2D eigenvalue weighted by molar-refractivity contribution is 5.96. The minimum absolute atomic E-state index is 0.00772. The number of phenolic OH excluding ortho intramolecular Hbond substituents is 2. The summed E-state index contributed by atoms with van der Waals surface area (Å²) in [5.74, 6) is -2.57. The molecule has 11 nitrogen and oxygen atoms in total. The average Bonchev–Trinajstić information content (AvgIpc) is 2.90. The summed E-state index contributed by atoms with van der Waals surface area (Å²) < 4.78 is 10.6. The van der Waals surface area contributed by atoms with Crippen LogP contribution in [0.15, 0.2) is 30.5 Å². The molecule has 0 unspecified atom stereocenters. The Balaban J connectivity index is 1.96. The number of carbonyl (C=O) groups is 2. The first-order valence-corrected chi connectivity index (χ1v) is 13.6. The van der Waals surface area contributed by atoms with Crippen LogP contribution in [0.5, 0.6) is 11.5 Å². The SMILES string of the molecule is C=C(C)C[C@H](OC)[C@H](O)C(=O)N/C=C/C[C@@H](O)C(C)(C)[C@H](O)C[C@H](O)[C@@H](C)[C@H]1Cc2c(C)c(O)cc(O)c2C(=O)O1.